The maximum Gasteiger partial charge on any atom is 0.227 e. The van der Waals surface area contributed by atoms with Crippen LogP contribution in [0.15, 0.2) is 71.3 Å². The van der Waals surface area contributed by atoms with Gasteiger partial charge in [-0.25, -0.2) is 4.39 Å². The van der Waals surface area contributed by atoms with Crippen molar-refractivity contribution in [3.8, 4) is 11.4 Å². The van der Waals surface area contributed by atoms with Gasteiger partial charge in [-0.15, -0.1) is 0 Å². The summed E-state index contributed by atoms with van der Waals surface area (Å²) in [6, 6.07) is 20.7. The summed E-state index contributed by atoms with van der Waals surface area (Å²) < 4.78 is 20.3. The Labute approximate surface area is 194 Å². The van der Waals surface area contributed by atoms with Crippen molar-refractivity contribution >= 4 is 45.0 Å². The zero-order valence-electron chi connectivity index (χ0n) is 17.6. The van der Waals surface area contributed by atoms with Crippen LogP contribution >= 0.6 is 11.6 Å². The van der Waals surface area contributed by atoms with E-state index in [0.717, 1.165) is 27.4 Å². The Bertz CT molecular complexity index is 1440. The third-order valence-electron chi connectivity index (χ3n) is 5.50. The number of carbonyl (C=O) groups is 1. The minimum absolute atomic E-state index is 0.159. The van der Waals surface area contributed by atoms with Crippen LogP contribution in [0.2, 0.25) is 5.02 Å². The summed E-state index contributed by atoms with van der Waals surface area (Å²) in [5.41, 5.74) is 3.39. The number of para-hydroxylation sites is 1. The van der Waals surface area contributed by atoms with Gasteiger partial charge in [0.15, 0.2) is 0 Å². The highest BCUT2D eigenvalue weighted by Gasteiger charge is 2.13. The largest absolute Gasteiger partial charge is 0.339 e. The van der Waals surface area contributed by atoms with Gasteiger partial charge in [0.2, 0.25) is 17.6 Å². The van der Waals surface area contributed by atoms with Crippen molar-refractivity contribution in [1.29, 1.82) is 0 Å². The second-order valence-corrected chi connectivity index (χ2v) is 8.09. The van der Waals surface area contributed by atoms with Crippen LogP contribution in [0.3, 0.4) is 0 Å². The molecule has 6 nitrogen and oxygen atoms in total. The topological polar surface area (TPSA) is 72.9 Å². The molecule has 33 heavy (non-hydrogen) atoms. The number of rotatable bonds is 7. The van der Waals surface area contributed by atoms with Crippen LogP contribution in [-0.2, 0) is 17.8 Å². The molecule has 2 heterocycles. The molecule has 1 amide bonds. The quantitative estimate of drug-likeness (QED) is 0.320. The van der Waals surface area contributed by atoms with Crippen LogP contribution in [0.4, 0.5) is 10.1 Å². The molecule has 8 heteroatoms. The summed E-state index contributed by atoms with van der Waals surface area (Å²) in [4.78, 5) is 16.9. The maximum atomic E-state index is 13.1. The van der Waals surface area contributed by atoms with Gasteiger partial charge >= 0.3 is 0 Å². The fourth-order valence-corrected chi connectivity index (χ4v) is 4.10. The third kappa shape index (κ3) is 4.32. The number of hydrogen-bond donors (Lipinski definition) is 1. The Morgan fingerprint density at radius 3 is 2.64 bits per heavy atom. The van der Waals surface area contributed by atoms with Gasteiger partial charge in [-0.2, -0.15) is 4.98 Å². The number of anilines is 1. The summed E-state index contributed by atoms with van der Waals surface area (Å²) in [6.45, 7) is -0.153. The van der Waals surface area contributed by atoms with Gasteiger partial charge in [-0.05, 0) is 48.5 Å². The Hall–Kier alpha value is -3.71. The van der Waals surface area contributed by atoms with Gasteiger partial charge in [-0.3, -0.25) is 4.79 Å². The second-order valence-electron chi connectivity index (χ2n) is 7.66. The minimum Gasteiger partial charge on any atom is -0.339 e. The number of aromatic nitrogens is 3. The summed E-state index contributed by atoms with van der Waals surface area (Å²) in [5, 5.41) is 9.52. The van der Waals surface area contributed by atoms with Crippen molar-refractivity contribution in [2.75, 3.05) is 12.0 Å². The molecular formula is C25H20ClFN4O2. The van der Waals surface area contributed by atoms with E-state index in [2.05, 4.69) is 15.5 Å². The normalized spacial score (nSPS) is 11.3. The molecule has 3 aromatic carbocycles. The number of carbonyl (C=O) groups excluding carboxylic acids is 1. The van der Waals surface area contributed by atoms with Crippen molar-refractivity contribution in [3.63, 3.8) is 0 Å². The molecule has 166 valence electrons. The number of aryl methyl sites for hydroxylation is 2. The van der Waals surface area contributed by atoms with Crippen LogP contribution < -0.4 is 5.32 Å². The standard InChI is InChI=1S/C25H20ClFN4O2/c26-17-7-5-16(6-8-17)25-29-24(33-30-25)12-11-23(32)28-18-9-10-22-20(15-18)19-3-1-2-4-21(19)31(22)14-13-27/h1-10,15H,11-14H2,(H,28,32). The van der Waals surface area contributed by atoms with E-state index in [1.165, 1.54) is 0 Å². The number of nitrogens with zero attached hydrogens (tertiary/aromatic N) is 3. The van der Waals surface area contributed by atoms with Crippen LogP contribution in [0.25, 0.3) is 33.2 Å². The molecule has 0 unspecified atom stereocenters. The fourth-order valence-electron chi connectivity index (χ4n) is 3.97. The highest BCUT2D eigenvalue weighted by Crippen LogP contribution is 2.31. The van der Waals surface area contributed by atoms with Crippen LogP contribution in [-0.4, -0.2) is 27.3 Å². The predicted octanol–water partition coefficient (Wildman–Crippen LogP) is 6.04. The molecule has 0 fully saturated rings. The lowest BCUT2D eigenvalue weighted by Gasteiger charge is -2.06. The molecule has 1 N–H and O–H groups in total. The molecule has 0 radical (unpaired) electrons. The number of alkyl halides is 1. The minimum atomic E-state index is -0.443. The number of benzene rings is 3. The Balaban J connectivity index is 1.29. The van der Waals surface area contributed by atoms with Gasteiger partial charge in [0, 0.05) is 50.9 Å². The lowest BCUT2D eigenvalue weighted by Crippen LogP contribution is -2.12. The Kier molecular flexibility index (Phi) is 5.79. The predicted molar refractivity (Wildman–Crippen MR) is 127 cm³/mol. The second kappa shape index (κ2) is 9.03. The molecule has 0 atom stereocenters. The molecule has 2 aromatic heterocycles. The van der Waals surface area contributed by atoms with E-state index >= 15 is 0 Å². The molecule has 5 aromatic rings. The summed E-state index contributed by atoms with van der Waals surface area (Å²) in [5.74, 6) is 0.685. The van der Waals surface area contributed by atoms with Crippen LogP contribution in [0.1, 0.15) is 12.3 Å². The third-order valence-corrected chi connectivity index (χ3v) is 5.75. The van der Waals surface area contributed by atoms with E-state index in [0.29, 0.717) is 28.8 Å². The summed E-state index contributed by atoms with van der Waals surface area (Å²) in [6.07, 6.45) is 0.522. The van der Waals surface area contributed by atoms with Gasteiger partial charge < -0.3 is 14.4 Å². The summed E-state index contributed by atoms with van der Waals surface area (Å²) >= 11 is 5.91. The molecule has 0 aliphatic carbocycles. The summed E-state index contributed by atoms with van der Waals surface area (Å²) in [7, 11) is 0. The van der Waals surface area contributed by atoms with E-state index < -0.39 is 6.67 Å². The first-order valence-electron chi connectivity index (χ1n) is 10.6. The first kappa shape index (κ1) is 21.2. The Morgan fingerprint density at radius 1 is 1.03 bits per heavy atom. The molecule has 5 rings (SSSR count). The van der Waals surface area contributed by atoms with Gasteiger partial charge in [0.25, 0.3) is 0 Å². The SMILES string of the molecule is O=C(CCc1nc(-c2ccc(Cl)cc2)no1)Nc1ccc2c(c1)c1ccccc1n2CCF. The molecule has 0 aliphatic heterocycles. The average molecular weight is 463 g/mol. The van der Waals surface area contributed by atoms with Crippen molar-refractivity contribution in [1.82, 2.24) is 14.7 Å². The number of nitrogens with one attached hydrogen (secondary N) is 1. The number of hydrogen-bond acceptors (Lipinski definition) is 4. The average Bonchev–Trinajstić information content (AvgIpc) is 3.42. The van der Waals surface area contributed by atoms with E-state index in [-0.39, 0.29) is 18.9 Å². The molecule has 0 saturated carbocycles. The van der Waals surface area contributed by atoms with Gasteiger partial charge in [0.1, 0.15) is 6.67 Å². The van der Waals surface area contributed by atoms with Crippen molar-refractivity contribution in [2.24, 2.45) is 0 Å². The van der Waals surface area contributed by atoms with Crippen molar-refractivity contribution in [3.05, 3.63) is 77.6 Å². The lowest BCUT2D eigenvalue weighted by molar-refractivity contribution is -0.116. The molecule has 0 spiro atoms. The zero-order valence-corrected chi connectivity index (χ0v) is 18.3. The monoisotopic (exact) mass is 462 g/mol. The fraction of sp³-hybridized carbons (Fsp3) is 0.160. The van der Waals surface area contributed by atoms with Crippen molar-refractivity contribution in [2.45, 2.75) is 19.4 Å². The molecule has 0 saturated heterocycles. The maximum absolute atomic E-state index is 13.1. The van der Waals surface area contributed by atoms with E-state index in [9.17, 15) is 9.18 Å². The van der Waals surface area contributed by atoms with E-state index in [4.69, 9.17) is 16.1 Å². The van der Waals surface area contributed by atoms with Crippen LogP contribution in [0.5, 0.6) is 0 Å². The smallest absolute Gasteiger partial charge is 0.227 e. The lowest BCUT2D eigenvalue weighted by atomic mass is 10.1. The highest BCUT2D eigenvalue weighted by atomic mass is 35.5. The number of fused-ring (bicyclic) bond motifs is 3. The van der Waals surface area contributed by atoms with Crippen LogP contribution in [0, 0.1) is 0 Å². The van der Waals surface area contributed by atoms with Gasteiger partial charge in [0.05, 0.1) is 6.54 Å². The highest BCUT2D eigenvalue weighted by molar-refractivity contribution is 6.30. The first-order valence-corrected chi connectivity index (χ1v) is 11.0. The van der Waals surface area contributed by atoms with Crippen molar-refractivity contribution < 1.29 is 13.7 Å². The molecule has 0 aliphatic rings. The van der Waals surface area contributed by atoms with Gasteiger partial charge in [-0.1, -0.05) is 35.0 Å². The van der Waals surface area contributed by atoms with E-state index in [1.54, 1.807) is 12.1 Å². The Morgan fingerprint density at radius 2 is 1.82 bits per heavy atom. The molecule has 0 bridgehead atoms. The zero-order chi connectivity index (χ0) is 22.8. The number of amides is 1. The van der Waals surface area contributed by atoms with E-state index in [1.807, 2.05) is 59.2 Å². The molecular weight excluding hydrogens is 443 g/mol. The number of halogens is 2. The first-order chi connectivity index (χ1) is 16.1.